The van der Waals surface area contributed by atoms with Crippen molar-refractivity contribution in [2.45, 2.75) is 13.0 Å². The van der Waals surface area contributed by atoms with E-state index >= 15 is 0 Å². The van der Waals surface area contributed by atoms with Crippen LogP contribution < -0.4 is 0 Å². The summed E-state index contributed by atoms with van der Waals surface area (Å²) in [4.78, 5) is 19.5. The molecule has 0 saturated carbocycles. The first-order valence-electron chi connectivity index (χ1n) is 9.81. The maximum atomic E-state index is 14.4. The van der Waals surface area contributed by atoms with Crippen molar-refractivity contribution in [1.82, 2.24) is 9.88 Å². The van der Waals surface area contributed by atoms with Gasteiger partial charge < -0.3 is 4.90 Å². The van der Waals surface area contributed by atoms with Crippen molar-refractivity contribution in [2.24, 2.45) is 0 Å². The standard InChI is InChI=1S/C25H18F2N2O/c26-18-9-11-20(22(27)14-18)21-6-3-5-17-15-29(25(30)24(17)21)13-12-19-10-8-16-4-1-2-7-23(16)28-19/h1-11,14H,12-13,15H2. The van der Waals surface area contributed by atoms with E-state index in [1.165, 1.54) is 12.1 Å². The summed E-state index contributed by atoms with van der Waals surface area (Å²) in [6.45, 7) is 0.989. The first-order valence-corrected chi connectivity index (χ1v) is 9.81. The molecule has 0 N–H and O–H groups in total. The molecule has 0 spiro atoms. The van der Waals surface area contributed by atoms with Gasteiger partial charge in [0.1, 0.15) is 11.6 Å². The minimum absolute atomic E-state index is 0.134. The highest BCUT2D eigenvalue weighted by Gasteiger charge is 2.30. The van der Waals surface area contributed by atoms with Crippen molar-refractivity contribution >= 4 is 16.8 Å². The summed E-state index contributed by atoms with van der Waals surface area (Å²) < 4.78 is 27.7. The smallest absolute Gasteiger partial charge is 0.255 e. The number of hydrogen-bond acceptors (Lipinski definition) is 2. The predicted octanol–water partition coefficient (Wildman–Crippen LogP) is 5.38. The second-order valence-corrected chi connectivity index (χ2v) is 7.44. The Morgan fingerprint density at radius 1 is 0.900 bits per heavy atom. The number of nitrogens with zero attached hydrogens (tertiary/aromatic N) is 2. The zero-order valence-electron chi connectivity index (χ0n) is 16.1. The molecular weight excluding hydrogens is 382 g/mol. The molecule has 3 nitrogen and oxygen atoms in total. The summed E-state index contributed by atoms with van der Waals surface area (Å²) in [6, 6.07) is 20.8. The molecule has 1 amide bonds. The highest BCUT2D eigenvalue weighted by molar-refractivity contribution is 6.04. The molecule has 0 saturated heterocycles. The lowest BCUT2D eigenvalue weighted by molar-refractivity contribution is 0.0780. The largest absolute Gasteiger partial charge is 0.334 e. The fourth-order valence-corrected chi connectivity index (χ4v) is 4.03. The third-order valence-corrected chi connectivity index (χ3v) is 5.53. The van der Waals surface area contributed by atoms with Gasteiger partial charge in [0.15, 0.2) is 0 Å². The molecular formula is C25H18F2N2O. The molecule has 30 heavy (non-hydrogen) atoms. The number of aromatic nitrogens is 1. The van der Waals surface area contributed by atoms with Crippen LogP contribution in [-0.2, 0) is 13.0 Å². The molecule has 1 aliphatic heterocycles. The van der Waals surface area contributed by atoms with Crippen LogP contribution in [0.5, 0.6) is 0 Å². The highest BCUT2D eigenvalue weighted by Crippen LogP contribution is 2.34. The fraction of sp³-hybridized carbons (Fsp3) is 0.120. The van der Waals surface area contributed by atoms with Crippen LogP contribution in [0.3, 0.4) is 0 Å². The Kier molecular flexibility index (Phi) is 4.51. The number of para-hydroxylation sites is 1. The van der Waals surface area contributed by atoms with Crippen LogP contribution in [-0.4, -0.2) is 22.3 Å². The van der Waals surface area contributed by atoms with Crippen molar-refractivity contribution in [2.75, 3.05) is 6.54 Å². The van der Waals surface area contributed by atoms with Crippen LogP contribution in [0.2, 0.25) is 0 Å². The maximum absolute atomic E-state index is 14.4. The van der Waals surface area contributed by atoms with Crippen LogP contribution in [0.15, 0.2) is 72.8 Å². The van der Waals surface area contributed by atoms with E-state index in [-0.39, 0.29) is 11.5 Å². The van der Waals surface area contributed by atoms with Crippen LogP contribution >= 0.6 is 0 Å². The van der Waals surface area contributed by atoms with Crippen molar-refractivity contribution in [3.05, 3.63) is 101 Å². The van der Waals surface area contributed by atoms with E-state index in [0.717, 1.165) is 28.2 Å². The van der Waals surface area contributed by atoms with Gasteiger partial charge in [0, 0.05) is 42.2 Å². The Labute approximate surface area is 172 Å². The number of rotatable bonds is 4. The van der Waals surface area contributed by atoms with Crippen LogP contribution in [0.25, 0.3) is 22.0 Å². The van der Waals surface area contributed by atoms with Gasteiger partial charge >= 0.3 is 0 Å². The normalized spacial score (nSPS) is 13.1. The minimum Gasteiger partial charge on any atom is -0.334 e. The maximum Gasteiger partial charge on any atom is 0.255 e. The fourth-order valence-electron chi connectivity index (χ4n) is 4.03. The topological polar surface area (TPSA) is 33.2 Å². The summed E-state index contributed by atoms with van der Waals surface area (Å²) in [5, 5.41) is 1.08. The lowest BCUT2D eigenvalue weighted by Gasteiger charge is -2.15. The van der Waals surface area contributed by atoms with E-state index in [9.17, 15) is 13.6 Å². The van der Waals surface area contributed by atoms with Gasteiger partial charge in [0.2, 0.25) is 0 Å². The van der Waals surface area contributed by atoms with Crippen molar-refractivity contribution in [1.29, 1.82) is 0 Å². The third kappa shape index (κ3) is 3.22. The third-order valence-electron chi connectivity index (χ3n) is 5.53. The summed E-state index contributed by atoms with van der Waals surface area (Å²) in [5.41, 5.74) is 3.94. The Bertz CT molecular complexity index is 1290. The lowest BCUT2D eigenvalue weighted by atomic mass is 9.96. The predicted molar refractivity (Wildman–Crippen MR) is 112 cm³/mol. The van der Waals surface area contributed by atoms with Crippen molar-refractivity contribution < 1.29 is 13.6 Å². The number of hydrogen-bond donors (Lipinski definition) is 0. The summed E-state index contributed by atoms with van der Waals surface area (Å²) >= 11 is 0. The number of halogens is 2. The molecule has 0 aliphatic carbocycles. The summed E-state index contributed by atoms with van der Waals surface area (Å²) in [7, 11) is 0. The van der Waals surface area contributed by atoms with Crippen LogP contribution in [0.1, 0.15) is 21.6 Å². The lowest BCUT2D eigenvalue weighted by Crippen LogP contribution is -2.26. The quantitative estimate of drug-likeness (QED) is 0.461. The first kappa shape index (κ1) is 18.4. The Morgan fingerprint density at radius 2 is 1.77 bits per heavy atom. The molecule has 0 bridgehead atoms. The van der Waals surface area contributed by atoms with Gasteiger partial charge in [-0.3, -0.25) is 9.78 Å². The Hall–Kier alpha value is -3.60. The molecule has 5 rings (SSSR count). The average molecular weight is 400 g/mol. The Balaban J connectivity index is 1.40. The van der Waals surface area contributed by atoms with Gasteiger partial charge in [-0.05, 0) is 35.4 Å². The summed E-state index contributed by atoms with van der Waals surface area (Å²) in [5.74, 6) is -1.44. The molecule has 0 radical (unpaired) electrons. The van der Waals surface area contributed by atoms with Gasteiger partial charge in [0.05, 0.1) is 11.1 Å². The van der Waals surface area contributed by atoms with E-state index in [4.69, 9.17) is 0 Å². The SMILES string of the molecule is O=C1c2c(cccc2-c2ccc(F)cc2F)CN1CCc1ccc2ccccc2n1. The van der Waals surface area contributed by atoms with Crippen LogP contribution in [0.4, 0.5) is 8.78 Å². The molecule has 1 aliphatic rings. The van der Waals surface area contributed by atoms with Gasteiger partial charge in [-0.2, -0.15) is 0 Å². The monoisotopic (exact) mass is 400 g/mol. The van der Waals surface area contributed by atoms with E-state index in [2.05, 4.69) is 4.98 Å². The van der Waals surface area contributed by atoms with Crippen molar-refractivity contribution in [3.8, 4) is 11.1 Å². The second-order valence-electron chi connectivity index (χ2n) is 7.44. The molecule has 0 atom stereocenters. The van der Waals surface area contributed by atoms with Gasteiger partial charge in [-0.25, -0.2) is 8.78 Å². The molecule has 2 heterocycles. The number of carbonyl (C=O) groups excluding carboxylic acids is 1. The van der Waals surface area contributed by atoms with E-state index in [1.807, 2.05) is 42.5 Å². The van der Waals surface area contributed by atoms with E-state index < -0.39 is 11.6 Å². The van der Waals surface area contributed by atoms with Crippen molar-refractivity contribution in [3.63, 3.8) is 0 Å². The first-order chi connectivity index (χ1) is 14.6. The number of fused-ring (bicyclic) bond motifs is 2. The van der Waals surface area contributed by atoms with Gasteiger partial charge in [-0.15, -0.1) is 0 Å². The summed E-state index contributed by atoms with van der Waals surface area (Å²) in [6.07, 6.45) is 0.630. The number of pyridine rings is 1. The van der Waals surface area contributed by atoms with Gasteiger partial charge in [0.25, 0.3) is 5.91 Å². The Morgan fingerprint density at radius 3 is 2.63 bits per heavy atom. The zero-order valence-corrected chi connectivity index (χ0v) is 16.1. The number of amides is 1. The molecule has 5 heteroatoms. The average Bonchev–Trinajstić information content (AvgIpc) is 3.08. The van der Waals surface area contributed by atoms with E-state index in [1.54, 1.807) is 17.0 Å². The molecule has 0 unspecified atom stereocenters. The highest BCUT2D eigenvalue weighted by atomic mass is 19.1. The zero-order chi connectivity index (χ0) is 20.7. The van der Waals surface area contributed by atoms with E-state index in [0.29, 0.717) is 30.6 Å². The molecule has 0 fully saturated rings. The number of benzene rings is 3. The van der Waals surface area contributed by atoms with Gasteiger partial charge in [-0.1, -0.05) is 42.5 Å². The molecule has 1 aromatic heterocycles. The van der Waals surface area contributed by atoms with Crippen LogP contribution in [0, 0.1) is 11.6 Å². The minimum atomic E-state index is -0.671. The molecule has 148 valence electrons. The number of carbonyl (C=O) groups is 1. The second kappa shape index (κ2) is 7.34. The molecule has 3 aromatic carbocycles. The molecule has 4 aromatic rings.